The lowest BCUT2D eigenvalue weighted by molar-refractivity contribution is 0.414. The Bertz CT molecular complexity index is 504. The zero-order valence-corrected chi connectivity index (χ0v) is 12.6. The largest absolute Gasteiger partial charge is 0.497 e. The third-order valence-corrected chi connectivity index (χ3v) is 4.21. The summed E-state index contributed by atoms with van der Waals surface area (Å²) >= 11 is 1.77. The molecule has 102 valence electrons. The molecule has 0 spiro atoms. The fraction of sp³-hybridized carbons (Fsp3) is 0.375. The molecule has 2 rings (SSSR count). The van der Waals surface area contributed by atoms with Gasteiger partial charge in [0.2, 0.25) is 0 Å². The van der Waals surface area contributed by atoms with Crippen molar-refractivity contribution in [2.24, 2.45) is 0 Å². The van der Waals surface area contributed by atoms with Crippen LogP contribution in [0, 0.1) is 6.92 Å². The highest BCUT2D eigenvalue weighted by Gasteiger charge is 2.05. The van der Waals surface area contributed by atoms with Gasteiger partial charge in [-0.05, 0) is 59.9 Å². The Morgan fingerprint density at radius 1 is 1.21 bits per heavy atom. The maximum Gasteiger partial charge on any atom is 0.118 e. The van der Waals surface area contributed by atoms with Gasteiger partial charge >= 0.3 is 0 Å². The SMILES string of the molecule is COc1ccc(CC(C)NCc2cscc2C)cc1. The first-order chi connectivity index (χ1) is 9.19. The number of thiophene rings is 1. The topological polar surface area (TPSA) is 21.3 Å². The molecule has 1 unspecified atom stereocenters. The van der Waals surface area contributed by atoms with E-state index in [0.29, 0.717) is 6.04 Å². The van der Waals surface area contributed by atoms with Gasteiger partial charge in [-0.1, -0.05) is 12.1 Å². The zero-order valence-electron chi connectivity index (χ0n) is 11.8. The molecule has 1 aromatic carbocycles. The molecule has 0 radical (unpaired) electrons. The van der Waals surface area contributed by atoms with Gasteiger partial charge in [0.1, 0.15) is 5.75 Å². The number of hydrogen-bond donors (Lipinski definition) is 1. The predicted molar refractivity (Wildman–Crippen MR) is 82.1 cm³/mol. The molecule has 1 atom stereocenters. The van der Waals surface area contributed by atoms with E-state index in [4.69, 9.17) is 4.74 Å². The smallest absolute Gasteiger partial charge is 0.118 e. The molecule has 2 nitrogen and oxygen atoms in total. The van der Waals surface area contributed by atoms with E-state index >= 15 is 0 Å². The van der Waals surface area contributed by atoms with Gasteiger partial charge in [0.15, 0.2) is 0 Å². The van der Waals surface area contributed by atoms with Gasteiger partial charge in [-0.25, -0.2) is 0 Å². The monoisotopic (exact) mass is 275 g/mol. The zero-order chi connectivity index (χ0) is 13.7. The summed E-state index contributed by atoms with van der Waals surface area (Å²) in [6.07, 6.45) is 1.03. The molecule has 0 amide bonds. The molecular weight excluding hydrogens is 254 g/mol. The van der Waals surface area contributed by atoms with Gasteiger partial charge in [-0.3, -0.25) is 0 Å². The maximum atomic E-state index is 5.17. The quantitative estimate of drug-likeness (QED) is 0.866. The summed E-state index contributed by atoms with van der Waals surface area (Å²) in [5, 5.41) is 8.00. The normalized spacial score (nSPS) is 12.4. The summed E-state index contributed by atoms with van der Waals surface area (Å²) in [5.74, 6) is 0.915. The highest BCUT2D eigenvalue weighted by molar-refractivity contribution is 7.08. The van der Waals surface area contributed by atoms with Crippen LogP contribution in [0.4, 0.5) is 0 Å². The Morgan fingerprint density at radius 3 is 2.53 bits per heavy atom. The third-order valence-electron chi connectivity index (χ3n) is 3.30. The van der Waals surface area contributed by atoms with Crippen LogP contribution in [0.15, 0.2) is 35.0 Å². The second kappa shape index (κ2) is 6.73. The molecule has 0 saturated carbocycles. The van der Waals surface area contributed by atoms with Crippen molar-refractivity contribution < 1.29 is 4.74 Å². The first kappa shape index (κ1) is 14.1. The fourth-order valence-electron chi connectivity index (χ4n) is 2.04. The predicted octanol–water partition coefficient (Wildman–Crippen LogP) is 3.79. The summed E-state index contributed by atoms with van der Waals surface area (Å²) in [6.45, 7) is 5.35. The van der Waals surface area contributed by atoms with Gasteiger partial charge in [0, 0.05) is 12.6 Å². The Labute approximate surface area is 119 Å². The minimum absolute atomic E-state index is 0.465. The first-order valence-corrected chi connectivity index (χ1v) is 7.51. The minimum atomic E-state index is 0.465. The average molecular weight is 275 g/mol. The van der Waals surface area contributed by atoms with Crippen LogP contribution in [-0.2, 0) is 13.0 Å². The van der Waals surface area contributed by atoms with E-state index in [0.717, 1.165) is 18.7 Å². The lowest BCUT2D eigenvalue weighted by Crippen LogP contribution is -2.27. The molecule has 1 N–H and O–H groups in total. The van der Waals surface area contributed by atoms with Gasteiger partial charge in [0.05, 0.1) is 7.11 Å². The van der Waals surface area contributed by atoms with Crippen LogP contribution < -0.4 is 10.1 Å². The van der Waals surface area contributed by atoms with Crippen LogP contribution in [-0.4, -0.2) is 13.2 Å². The van der Waals surface area contributed by atoms with E-state index in [9.17, 15) is 0 Å². The van der Waals surface area contributed by atoms with Crippen molar-refractivity contribution in [3.8, 4) is 5.75 Å². The molecule has 0 fully saturated rings. The van der Waals surface area contributed by atoms with Crippen LogP contribution in [0.1, 0.15) is 23.6 Å². The van der Waals surface area contributed by atoms with Gasteiger partial charge < -0.3 is 10.1 Å². The van der Waals surface area contributed by atoms with Crippen LogP contribution >= 0.6 is 11.3 Å². The Balaban J connectivity index is 1.83. The van der Waals surface area contributed by atoms with E-state index in [2.05, 4.69) is 42.1 Å². The summed E-state index contributed by atoms with van der Waals surface area (Å²) in [7, 11) is 1.70. The molecule has 1 heterocycles. The number of benzene rings is 1. The molecule has 0 aliphatic heterocycles. The van der Waals surface area contributed by atoms with Crippen LogP contribution in [0.2, 0.25) is 0 Å². The highest BCUT2D eigenvalue weighted by atomic mass is 32.1. The number of ether oxygens (including phenoxy) is 1. The second-order valence-corrected chi connectivity index (χ2v) is 5.66. The van der Waals surface area contributed by atoms with Crippen molar-refractivity contribution in [3.63, 3.8) is 0 Å². The molecule has 0 bridgehead atoms. The van der Waals surface area contributed by atoms with Crippen molar-refractivity contribution in [1.82, 2.24) is 5.32 Å². The van der Waals surface area contributed by atoms with Gasteiger partial charge in [-0.15, -0.1) is 0 Å². The van der Waals surface area contributed by atoms with Crippen LogP contribution in [0.3, 0.4) is 0 Å². The maximum absolute atomic E-state index is 5.17. The number of rotatable bonds is 6. The number of nitrogens with one attached hydrogen (secondary N) is 1. The van der Waals surface area contributed by atoms with E-state index < -0.39 is 0 Å². The molecule has 1 aromatic heterocycles. The standard InChI is InChI=1S/C16H21NOS/c1-12-10-19-11-15(12)9-17-13(2)8-14-4-6-16(18-3)7-5-14/h4-7,10-11,13,17H,8-9H2,1-3H3. The summed E-state index contributed by atoms with van der Waals surface area (Å²) in [5.41, 5.74) is 4.13. The number of aryl methyl sites for hydroxylation is 1. The van der Waals surface area contributed by atoms with E-state index in [1.807, 2.05) is 12.1 Å². The van der Waals surface area contributed by atoms with Crippen LogP contribution in [0.25, 0.3) is 0 Å². The van der Waals surface area contributed by atoms with Crippen LogP contribution in [0.5, 0.6) is 5.75 Å². The Kier molecular flexibility index (Phi) is 5.00. The first-order valence-electron chi connectivity index (χ1n) is 6.57. The van der Waals surface area contributed by atoms with Gasteiger partial charge in [-0.2, -0.15) is 11.3 Å². The number of hydrogen-bond acceptors (Lipinski definition) is 3. The molecule has 3 heteroatoms. The van der Waals surface area contributed by atoms with E-state index in [1.54, 1.807) is 18.4 Å². The van der Waals surface area contributed by atoms with E-state index in [1.165, 1.54) is 16.7 Å². The molecule has 0 aliphatic carbocycles. The second-order valence-electron chi connectivity index (χ2n) is 4.91. The Hall–Kier alpha value is -1.32. The van der Waals surface area contributed by atoms with Crippen molar-refractivity contribution in [2.45, 2.75) is 32.9 Å². The minimum Gasteiger partial charge on any atom is -0.497 e. The lowest BCUT2D eigenvalue weighted by Gasteiger charge is -2.14. The third kappa shape index (κ3) is 4.08. The molecule has 2 aromatic rings. The summed E-state index contributed by atoms with van der Waals surface area (Å²) < 4.78 is 5.17. The summed E-state index contributed by atoms with van der Waals surface area (Å²) in [6, 6.07) is 8.77. The Morgan fingerprint density at radius 2 is 1.95 bits per heavy atom. The van der Waals surface area contributed by atoms with Crippen molar-refractivity contribution >= 4 is 11.3 Å². The van der Waals surface area contributed by atoms with Crippen molar-refractivity contribution in [3.05, 3.63) is 51.7 Å². The highest BCUT2D eigenvalue weighted by Crippen LogP contribution is 2.15. The molecule has 0 saturated heterocycles. The lowest BCUT2D eigenvalue weighted by atomic mass is 10.1. The van der Waals surface area contributed by atoms with Crippen molar-refractivity contribution in [2.75, 3.05) is 7.11 Å². The van der Waals surface area contributed by atoms with Gasteiger partial charge in [0.25, 0.3) is 0 Å². The van der Waals surface area contributed by atoms with Crippen molar-refractivity contribution in [1.29, 1.82) is 0 Å². The fourth-order valence-corrected chi connectivity index (χ4v) is 2.90. The summed E-state index contributed by atoms with van der Waals surface area (Å²) in [4.78, 5) is 0. The average Bonchev–Trinajstić information content (AvgIpc) is 2.83. The number of methoxy groups -OCH3 is 1. The molecular formula is C16H21NOS. The van der Waals surface area contributed by atoms with E-state index in [-0.39, 0.29) is 0 Å². The molecule has 19 heavy (non-hydrogen) atoms. The molecule has 0 aliphatic rings.